The van der Waals surface area contributed by atoms with Crippen LogP contribution in [0, 0.1) is 22.7 Å². The number of anilines is 1. The lowest BCUT2D eigenvalue weighted by Crippen LogP contribution is -2.43. The summed E-state index contributed by atoms with van der Waals surface area (Å²) in [6.45, 7) is 10.1. The number of carbonyl (C=O) groups is 1. The minimum atomic E-state index is -0.746. The summed E-state index contributed by atoms with van der Waals surface area (Å²) in [5.74, 6) is 1.05. The number of hydrogen-bond acceptors (Lipinski definition) is 9. The molecule has 2 N–H and O–H groups in total. The summed E-state index contributed by atoms with van der Waals surface area (Å²) in [6.07, 6.45) is 9.98. The zero-order valence-corrected chi connectivity index (χ0v) is 27.9. The van der Waals surface area contributed by atoms with E-state index < -0.39 is 16.6 Å². The summed E-state index contributed by atoms with van der Waals surface area (Å²) >= 11 is 6.62. The van der Waals surface area contributed by atoms with Crippen molar-refractivity contribution < 1.29 is 19.0 Å². The number of esters is 1. The van der Waals surface area contributed by atoms with Gasteiger partial charge in [0.25, 0.3) is 0 Å². The van der Waals surface area contributed by atoms with E-state index in [9.17, 15) is 10.1 Å². The van der Waals surface area contributed by atoms with Crippen LogP contribution >= 0.6 is 11.6 Å². The molecule has 1 atom stereocenters. The molecule has 0 amide bonds. The number of ether oxygens (including phenoxy) is 3. The van der Waals surface area contributed by atoms with Gasteiger partial charge in [0.05, 0.1) is 28.8 Å². The van der Waals surface area contributed by atoms with Crippen LogP contribution in [0.4, 0.5) is 5.82 Å². The Hall–Kier alpha value is -2.77. The van der Waals surface area contributed by atoms with Gasteiger partial charge >= 0.3 is 5.97 Å². The second kappa shape index (κ2) is 14.3. The highest BCUT2D eigenvalue weighted by Crippen LogP contribution is 2.42. The lowest BCUT2D eigenvalue weighted by molar-refractivity contribution is -0.172. The van der Waals surface area contributed by atoms with E-state index in [1.807, 2.05) is 39.0 Å². The van der Waals surface area contributed by atoms with Crippen LogP contribution in [0.3, 0.4) is 0 Å². The molecule has 2 aliphatic carbocycles. The second-order valence-electron chi connectivity index (χ2n) is 14.2. The van der Waals surface area contributed by atoms with Crippen molar-refractivity contribution in [2.45, 2.75) is 109 Å². The number of aromatic nitrogens is 2. The minimum absolute atomic E-state index is 0.159. The SMILES string of the molecule is CC(COC1(C(=O)OC(C)(C)C)CC1)NC1CCC(Cc2cc(-c3cccc(NCC4(C#N)CCOCC4)n3)c(Cl)cn2)CC1. The van der Waals surface area contributed by atoms with Gasteiger partial charge in [0.1, 0.15) is 11.4 Å². The smallest absolute Gasteiger partial charge is 0.338 e. The van der Waals surface area contributed by atoms with Crippen LogP contribution in [0.2, 0.25) is 5.02 Å². The van der Waals surface area contributed by atoms with E-state index in [1.165, 1.54) is 0 Å². The van der Waals surface area contributed by atoms with Crippen molar-refractivity contribution in [3.8, 4) is 17.3 Å². The minimum Gasteiger partial charge on any atom is -0.458 e. The highest BCUT2D eigenvalue weighted by atomic mass is 35.5. The summed E-state index contributed by atoms with van der Waals surface area (Å²) in [7, 11) is 0. The molecule has 2 aromatic rings. The molecule has 1 saturated heterocycles. The van der Waals surface area contributed by atoms with Crippen LogP contribution in [0.1, 0.15) is 84.8 Å². The zero-order valence-electron chi connectivity index (χ0n) is 27.2. The largest absolute Gasteiger partial charge is 0.458 e. The number of carbonyl (C=O) groups excluding carboxylic acids is 1. The molecule has 0 spiro atoms. The Bertz CT molecular complexity index is 1350. The highest BCUT2D eigenvalue weighted by molar-refractivity contribution is 6.33. The van der Waals surface area contributed by atoms with Gasteiger partial charge in [0.2, 0.25) is 0 Å². The molecule has 10 heteroatoms. The van der Waals surface area contributed by atoms with Crippen molar-refractivity contribution in [2.75, 3.05) is 31.7 Å². The molecular weight excluding hydrogens is 590 g/mol. The number of pyridine rings is 2. The van der Waals surface area contributed by atoms with Gasteiger partial charge < -0.3 is 24.8 Å². The van der Waals surface area contributed by atoms with E-state index in [4.69, 9.17) is 30.8 Å². The Morgan fingerprint density at radius 2 is 1.91 bits per heavy atom. The molecule has 244 valence electrons. The summed E-state index contributed by atoms with van der Waals surface area (Å²) in [6, 6.07) is 11.0. The lowest BCUT2D eigenvalue weighted by Gasteiger charge is -2.32. The molecule has 1 unspecified atom stereocenters. The standard InChI is InChI=1S/C35H48ClN5O4/c1-24(21-44-35(12-13-35)32(42)45-33(2,3)4)40-26-10-8-25(9-11-26)18-27-19-28(29(36)20-38-27)30-6-5-7-31(41-30)39-23-34(22-37)14-16-43-17-15-34/h5-7,19-20,24-26,40H,8-18,21,23H2,1-4H3,(H,39,41). The molecule has 3 aliphatic rings. The summed E-state index contributed by atoms with van der Waals surface area (Å²) < 4.78 is 17.1. The molecular formula is C35H48ClN5O4. The molecule has 0 aromatic carbocycles. The van der Waals surface area contributed by atoms with Crippen LogP contribution in [0.5, 0.6) is 0 Å². The van der Waals surface area contributed by atoms with Crippen molar-refractivity contribution in [1.29, 1.82) is 5.26 Å². The van der Waals surface area contributed by atoms with Gasteiger partial charge in [-0.25, -0.2) is 9.78 Å². The molecule has 9 nitrogen and oxygen atoms in total. The first-order valence-corrected chi connectivity index (χ1v) is 16.8. The third-order valence-corrected chi connectivity index (χ3v) is 9.48. The number of nitrogens with zero attached hydrogens (tertiary/aromatic N) is 3. The molecule has 5 rings (SSSR count). The average Bonchev–Trinajstić information content (AvgIpc) is 3.82. The number of nitrogens with one attached hydrogen (secondary N) is 2. The van der Waals surface area contributed by atoms with E-state index in [1.54, 1.807) is 6.20 Å². The van der Waals surface area contributed by atoms with Gasteiger partial charge in [0, 0.05) is 49.3 Å². The van der Waals surface area contributed by atoms with E-state index in [0.717, 1.165) is 80.6 Å². The molecule has 3 fully saturated rings. The molecule has 1 aliphatic heterocycles. The fourth-order valence-corrected chi connectivity index (χ4v) is 6.48. The van der Waals surface area contributed by atoms with E-state index in [2.05, 4.69) is 34.7 Å². The predicted octanol–water partition coefficient (Wildman–Crippen LogP) is 6.50. The van der Waals surface area contributed by atoms with Gasteiger partial charge in [0.15, 0.2) is 5.60 Å². The third-order valence-electron chi connectivity index (χ3n) is 9.18. The number of halogens is 1. The maximum atomic E-state index is 12.6. The van der Waals surface area contributed by atoms with Crippen LogP contribution in [0.25, 0.3) is 11.3 Å². The lowest BCUT2D eigenvalue weighted by atomic mass is 9.82. The Kier molecular flexibility index (Phi) is 10.7. The first-order chi connectivity index (χ1) is 21.5. The Labute approximate surface area is 272 Å². The maximum Gasteiger partial charge on any atom is 0.338 e. The van der Waals surface area contributed by atoms with Crippen LogP contribution in [-0.2, 0) is 25.4 Å². The first-order valence-electron chi connectivity index (χ1n) is 16.5. The fourth-order valence-electron chi connectivity index (χ4n) is 6.28. The normalized spacial score (nSPS) is 23.0. The Morgan fingerprint density at radius 1 is 1.18 bits per heavy atom. The summed E-state index contributed by atoms with van der Waals surface area (Å²) in [4.78, 5) is 22.1. The van der Waals surface area contributed by atoms with Gasteiger partial charge in [-0.05, 0) is 110 Å². The predicted molar refractivity (Wildman–Crippen MR) is 175 cm³/mol. The number of rotatable bonds is 12. The Balaban J connectivity index is 1.10. The van der Waals surface area contributed by atoms with Crippen molar-refractivity contribution in [3.63, 3.8) is 0 Å². The third kappa shape index (κ3) is 9.16. The molecule has 0 radical (unpaired) electrons. The van der Waals surface area contributed by atoms with Crippen LogP contribution in [-0.4, -0.2) is 65.6 Å². The van der Waals surface area contributed by atoms with Crippen molar-refractivity contribution >= 4 is 23.4 Å². The quantitative estimate of drug-likeness (QED) is 0.251. The second-order valence-corrected chi connectivity index (χ2v) is 14.6. The molecule has 2 saturated carbocycles. The first kappa shape index (κ1) is 33.6. The van der Waals surface area contributed by atoms with Crippen LogP contribution < -0.4 is 10.6 Å². The van der Waals surface area contributed by atoms with Gasteiger partial charge in [-0.1, -0.05) is 17.7 Å². The fraction of sp³-hybridized carbons (Fsp3) is 0.657. The number of hydrogen-bond donors (Lipinski definition) is 2. The van der Waals surface area contributed by atoms with E-state index in [-0.39, 0.29) is 12.0 Å². The topological polar surface area (TPSA) is 118 Å². The molecule has 3 heterocycles. The van der Waals surface area contributed by atoms with Gasteiger partial charge in [-0.2, -0.15) is 5.26 Å². The maximum absolute atomic E-state index is 12.6. The summed E-state index contributed by atoms with van der Waals surface area (Å²) in [5, 5.41) is 17.5. The van der Waals surface area contributed by atoms with Gasteiger partial charge in [-0.15, -0.1) is 0 Å². The van der Waals surface area contributed by atoms with E-state index in [0.29, 0.717) is 43.3 Å². The van der Waals surface area contributed by atoms with Crippen molar-refractivity contribution in [1.82, 2.24) is 15.3 Å². The number of nitriles is 1. The van der Waals surface area contributed by atoms with E-state index >= 15 is 0 Å². The van der Waals surface area contributed by atoms with Crippen molar-refractivity contribution in [3.05, 3.63) is 41.2 Å². The molecule has 2 aromatic heterocycles. The zero-order chi connectivity index (χ0) is 32.1. The molecule has 0 bridgehead atoms. The van der Waals surface area contributed by atoms with Gasteiger partial charge in [-0.3, -0.25) is 4.98 Å². The molecule has 45 heavy (non-hydrogen) atoms. The Morgan fingerprint density at radius 3 is 2.58 bits per heavy atom. The van der Waals surface area contributed by atoms with Crippen molar-refractivity contribution in [2.24, 2.45) is 11.3 Å². The highest BCUT2D eigenvalue weighted by Gasteiger charge is 2.54. The average molecular weight is 638 g/mol. The summed E-state index contributed by atoms with van der Waals surface area (Å²) in [5.41, 5.74) is 0.999. The monoisotopic (exact) mass is 637 g/mol. The van der Waals surface area contributed by atoms with Crippen LogP contribution in [0.15, 0.2) is 30.5 Å².